The van der Waals surface area contributed by atoms with Crippen LogP contribution < -0.4 is 11.1 Å². The summed E-state index contributed by atoms with van der Waals surface area (Å²) < 4.78 is 5.20. The van der Waals surface area contributed by atoms with Crippen molar-refractivity contribution in [2.45, 2.75) is 44.7 Å². The van der Waals surface area contributed by atoms with Gasteiger partial charge < -0.3 is 15.6 Å². The monoisotopic (exact) mass is 384 g/mol. The summed E-state index contributed by atoms with van der Waals surface area (Å²) >= 11 is 5.96. The molecule has 3 rings (SSSR count). The first-order valence-corrected chi connectivity index (χ1v) is 8.48. The number of nitrogens with one attached hydrogen (secondary N) is 1. The highest BCUT2D eigenvalue weighted by Gasteiger charge is 2.37. The molecule has 0 spiro atoms. The molecule has 2 unspecified atom stereocenters. The third-order valence-electron chi connectivity index (χ3n) is 4.54. The van der Waals surface area contributed by atoms with Crippen LogP contribution in [0.4, 0.5) is 0 Å². The molecule has 1 aliphatic carbocycles. The van der Waals surface area contributed by atoms with Gasteiger partial charge in [-0.2, -0.15) is 4.98 Å². The van der Waals surface area contributed by atoms with Gasteiger partial charge in [-0.15, -0.1) is 12.4 Å². The Morgan fingerprint density at radius 2 is 2.28 bits per heavy atom. The first-order chi connectivity index (χ1) is 11.5. The van der Waals surface area contributed by atoms with E-state index < -0.39 is 5.54 Å². The van der Waals surface area contributed by atoms with E-state index in [1.807, 2.05) is 19.1 Å². The number of amides is 1. The molecule has 1 amide bonds. The lowest BCUT2D eigenvalue weighted by molar-refractivity contribution is -0.128. The molecule has 0 radical (unpaired) electrons. The number of benzene rings is 1. The molecule has 8 heteroatoms. The Balaban J connectivity index is 0.00000225. The van der Waals surface area contributed by atoms with Crippen molar-refractivity contribution in [3.05, 3.63) is 35.2 Å². The summed E-state index contributed by atoms with van der Waals surface area (Å²) in [6.45, 7) is 2.14. The number of rotatable bonds is 4. The maximum absolute atomic E-state index is 12.4. The van der Waals surface area contributed by atoms with E-state index >= 15 is 0 Å². The van der Waals surface area contributed by atoms with Gasteiger partial charge in [0.05, 0.1) is 12.5 Å². The van der Waals surface area contributed by atoms with Crippen molar-refractivity contribution in [2.75, 3.05) is 0 Å². The smallest absolute Gasteiger partial charge is 0.246 e. The Morgan fingerprint density at radius 3 is 3.00 bits per heavy atom. The SMILES string of the molecule is CC1(N)CCCCC1C(=O)NCc1nc(-c2cccc(Cl)c2)no1.Cl. The predicted octanol–water partition coefficient (Wildman–Crippen LogP) is 3.34. The van der Waals surface area contributed by atoms with Gasteiger partial charge in [-0.05, 0) is 31.9 Å². The second kappa shape index (κ2) is 8.17. The summed E-state index contributed by atoms with van der Waals surface area (Å²) in [6.07, 6.45) is 3.79. The Bertz CT molecular complexity index is 733. The van der Waals surface area contributed by atoms with Crippen LogP contribution >= 0.6 is 24.0 Å². The van der Waals surface area contributed by atoms with Gasteiger partial charge in [-0.1, -0.05) is 41.7 Å². The number of carbonyl (C=O) groups is 1. The largest absolute Gasteiger partial charge is 0.347 e. The van der Waals surface area contributed by atoms with Crippen molar-refractivity contribution < 1.29 is 9.32 Å². The highest BCUT2D eigenvalue weighted by atomic mass is 35.5. The van der Waals surface area contributed by atoms with Crippen molar-refractivity contribution in [2.24, 2.45) is 11.7 Å². The Kier molecular flexibility index (Phi) is 6.43. The van der Waals surface area contributed by atoms with Gasteiger partial charge in [-0.3, -0.25) is 4.79 Å². The van der Waals surface area contributed by atoms with Crippen molar-refractivity contribution in [3.8, 4) is 11.4 Å². The molecule has 1 fully saturated rings. The highest BCUT2D eigenvalue weighted by molar-refractivity contribution is 6.30. The van der Waals surface area contributed by atoms with E-state index in [1.54, 1.807) is 12.1 Å². The van der Waals surface area contributed by atoms with Crippen LogP contribution in [0.3, 0.4) is 0 Å². The Morgan fingerprint density at radius 1 is 1.48 bits per heavy atom. The third kappa shape index (κ3) is 4.71. The van der Waals surface area contributed by atoms with Crippen LogP contribution in [0, 0.1) is 5.92 Å². The average Bonchev–Trinajstić information content (AvgIpc) is 3.01. The second-order valence-electron chi connectivity index (χ2n) is 6.54. The summed E-state index contributed by atoms with van der Waals surface area (Å²) in [6, 6.07) is 7.21. The fourth-order valence-electron chi connectivity index (χ4n) is 3.15. The first kappa shape index (κ1) is 19.7. The van der Waals surface area contributed by atoms with Crippen LogP contribution in [0.2, 0.25) is 5.02 Å². The molecule has 1 aliphatic rings. The van der Waals surface area contributed by atoms with Gasteiger partial charge in [0, 0.05) is 16.1 Å². The van der Waals surface area contributed by atoms with E-state index in [0.717, 1.165) is 31.2 Å². The molecular weight excluding hydrogens is 363 g/mol. The molecule has 136 valence electrons. The summed E-state index contributed by atoms with van der Waals surface area (Å²) in [5, 5.41) is 7.39. The zero-order valence-electron chi connectivity index (χ0n) is 14.0. The first-order valence-electron chi connectivity index (χ1n) is 8.11. The lowest BCUT2D eigenvalue weighted by Gasteiger charge is -2.37. The molecule has 0 bridgehead atoms. The van der Waals surface area contributed by atoms with Gasteiger partial charge in [0.25, 0.3) is 0 Å². The number of carbonyl (C=O) groups excluding carboxylic acids is 1. The molecule has 0 aliphatic heterocycles. The minimum absolute atomic E-state index is 0. The number of aromatic nitrogens is 2. The van der Waals surface area contributed by atoms with Gasteiger partial charge in [0.2, 0.25) is 17.6 Å². The maximum Gasteiger partial charge on any atom is 0.246 e. The van der Waals surface area contributed by atoms with Crippen LogP contribution in [-0.2, 0) is 11.3 Å². The van der Waals surface area contributed by atoms with E-state index in [0.29, 0.717) is 16.7 Å². The zero-order chi connectivity index (χ0) is 17.2. The number of hydrogen-bond donors (Lipinski definition) is 2. The van der Waals surface area contributed by atoms with Gasteiger partial charge in [0.15, 0.2) is 0 Å². The molecule has 1 aromatic carbocycles. The van der Waals surface area contributed by atoms with Crippen LogP contribution in [-0.4, -0.2) is 21.6 Å². The molecule has 25 heavy (non-hydrogen) atoms. The second-order valence-corrected chi connectivity index (χ2v) is 6.98. The lowest BCUT2D eigenvalue weighted by Crippen LogP contribution is -2.52. The summed E-state index contributed by atoms with van der Waals surface area (Å²) in [5.74, 6) is 0.569. The van der Waals surface area contributed by atoms with Crippen molar-refractivity contribution in [1.29, 1.82) is 0 Å². The van der Waals surface area contributed by atoms with Crippen LogP contribution in [0.1, 0.15) is 38.5 Å². The predicted molar refractivity (Wildman–Crippen MR) is 98.4 cm³/mol. The Hall–Kier alpha value is -1.63. The number of nitrogens with zero attached hydrogens (tertiary/aromatic N) is 2. The van der Waals surface area contributed by atoms with Gasteiger partial charge in [0.1, 0.15) is 0 Å². The summed E-state index contributed by atoms with van der Waals surface area (Å²) in [7, 11) is 0. The zero-order valence-corrected chi connectivity index (χ0v) is 15.6. The molecule has 6 nitrogen and oxygen atoms in total. The van der Waals surface area contributed by atoms with E-state index in [9.17, 15) is 4.79 Å². The summed E-state index contributed by atoms with van der Waals surface area (Å²) in [4.78, 5) is 16.7. The topological polar surface area (TPSA) is 94.0 Å². The van der Waals surface area contributed by atoms with Crippen molar-refractivity contribution >= 4 is 29.9 Å². The minimum Gasteiger partial charge on any atom is -0.347 e. The van der Waals surface area contributed by atoms with E-state index in [1.165, 1.54) is 0 Å². The molecule has 1 aromatic heterocycles. The van der Waals surface area contributed by atoms with E-state index in [-0.39, 0.29) is 30.8 Å². The molecule has 3 N–H and O–H groups in total. The molecule has 2 atom stereocenters. The molecule has 2 aromatic rings. The van der Waals surface area contributed by atoms with E-state index in [4.69, 9.17) is 21.9 Å². The normalized spacial score (nSPS) is 22.9. The number of nitrogens with two attached hydrogens (primary N) is 1. The van der Waals surface area contributed by atoms with Crippen LogP contribution in [0.25, 0.3) is 11.4 Å². The highest BCUT2D eigenvalue weighted by Crippen LogP contribution is 2.31. The lowest BCUT2D eigenvalue weighted by atomic mass is 9.74. The van der Waals surface area contributed by atoms with Crippen LogP contribution in [0.5, 0.6) is 0 Å². The molecule has 1 saturated carbocycles. The van der Waals surface area contributed by atoms with E-state index in [2.05, 4.69) is 15.5 Å². The fourth-order valence-corrected chi connectivity index (χ4v) is 3.34. The quantitative estimate of drug-likeness (QED) is 0.842. The Labute approximate surface area is 157 Å². The van der Waals surface area contributed by atoms with Crippen molar-refractivity contribution in [3.63, 3.8) is 0 Å². The van der Waals surface area contributed by atoms with Gasteiger partial charge in [-0.25, -0.2) is 0 Å². The van der Waals surface area contributed by atoms with Crippen molar-refractivity contribution in [1.82, 2.24) is 15.5 Å². The fraction of sp³-hybridized carbons (Fsp3) is 0.471. The summed E-state index contributed by atoms with van der Waals surface area (Å²) in [5.41, 5.74) is 6.58. The standard InChI is InChI=1S/C17H21ClN4O2.ClH/c1-17(19)8-3-2-7-13(17)16(23)20-10-14-21-15(22-24-14)11-5-4-6-12(18)9-11;/h4-6,9,13H,2-3,7-8,10,19H2,1H3,(H,20,23);1H. The van der Waals surface area contributed by atoms with Crippen LogP contribution in [0.15, 0.2) is 28.8 Å². The molecular formula is C17H22Cl2N4O2. The van der Waals surface area contributed by atoms with Gasteiger partial charge >= 0.3 is 0 Å². The molecule has 1 heterocycles. The minimum atomic E-state index is -0.455. The number of hydrogen-bond acceptors (Lipinski definition) is 5. The average molecular weight is 385 g/mol. The maximum atomic E-state index is 12.4. The number of halogens is 2. The molecule has 0 saturated heterocycles. The third-order valence-corrected chi connectivity index (χ3v) is 4.77.